The average Bonchev–Trinajstić information content (AvgIpc) is 4.13. The summed E-state index contributed by atoms with van der Waals surface area (Å²) >= 11 is 3.05. The van der Waals surface area contributed by atoms with Crippen molar-refractivity contribution in [3.8, 4) is 45.3 Å². The molecule has 12 nitrogen and oxygen atoms in total. The van der Waals surface area contributed by atoms with E-state index in [2.05, 4.69) is 39.3 Å². The first-order valence-electron chi connectivity index (χ1n) is 18.9. The van der Waals surface area contributed by atoms with Crippen LogP contribution in [0.5, 0.6) is 0 Å². The number of hydrogen-bond donors (Lipinski definition) is 2. The van der Waals surface area contributed by atoms with Gasteiger partial charge in [0.2, 0.25) is 11.6 Å². The van der Waals surface area contributed by atoms with Crippen LogP contribution in [0.15, 0.2) is 117 Å². The Morgan fingerprint density at radius 1 is 0.600 bits per heavy atom. The second-order valence-corrected chi connectivity index (χ2v) is 15.3. The fourth-order valence-corrected chi connectivity index (χ4v) is 7.23. The molecule has 0 amide bonds. The molecule has 8 aromatic rings. The highest BCUT2D eigenvalue weighted by Gasteiger charge is 2.39. The minimum atomic E-state index is -4.73. The van der Waals surface area contributed by atoms with Crippen LogP contribution in [0, 0.1) is 11.6 Å². The molecule has 0 aliphatic heterocycles. The lowest BCUT2D eigenvalue weighted by atomic mass is 10.0. The molecule has 8 rings (SSSR count). The van der Waals surface area contributed by atoms with E-state index in [0.29, 0.717) is 24.9 Å². The molecule has 3 N–H and O–H groups in total. The molecule has 0 saturated carbocycles. The number of Topliss-reactive ketones (excluding diaryl/α,β-unsaturated/α-hetero) is 1. The molecular weight excluding hydrogens is 911 g/mol. The Kier molecular flexibility index (Phi) is 15.4. The minimum Gasteiger partial charge on any atom is -0.478 e. The molecule has 4 aromatic carbocycles. The molecule has 0 atom stereocenters. The zero-order chi connectivity index (χ0) is 46.7. The van der Waals surface area contributed by atoms with Crippen molar-refractivity contribution in [2.45, 2.75) is 38.0 Å². The van der Waals surface area contributed by atoms with Crippen molar-refractivity contribution >= 4 is 34.4 Å². The van der Waals surface area contributed by atoms with E-state index in [-0.39, 0.29) is 52.2 Å². The van der Waals surface area contributed by atoms with Crippen molar-refractivity contribution in [2.24, 2.45) is 5.73 Å². The number of nitrogens with two attached hydrogens (primary N) is 1. The number of halogens is 8. The molecule has 0 saturated heterocycles. The number of hydrogen-bond acceptors (Lipinski definition) is 13. The van der Waals surface area contributed by atoms with Gasteiger partial charge in [-0.05, 0) is 86.1 Å². The summed E-state index contributed by atoms with van der Waals surface area (Å²) in [6.45, 7) is 0.608. The lowest BCUT2D eigenvalue weighted by molar-refractivity contribution is -0.160. The maximum Gasteiger partial charge on any atom is 0.471 e. The molecule has 0 aliphatic carbocycles. The number of alkyl halides is 6. The molecule has 65 heavy (non-hydrogen) atoms. The monoisotopic (exact) mass is 941 g/mol. The number of carboxylic acids is 1. The maximum atomic E-state index is 13.1. The highest BCUT2D eigenvalue weighted by atomic mass is 32.1. The number of aromatic carboxylic acids is 1. The number of rotatable bonds is 12. The fraction of sp³-hybridized carbons (Fsp3) is 0.163. The van der Waals surface area contributed by atoms with Crippen molar-refractivity contribution in [1.82, 2.24) is 30.2 Å². The van der Waals surface area contributed by atoms with Gasteiger partial charge in [0.05, 0.1) is 27.0 Å². The van der Waals surface area contributed by atoms with Crippen LogP contribution in [-0.2, 0) is 25.2 Å². The minimum absolute atomic E-state index is 0.0779. The molecule has 0 unspecified atom stereocenters. The first-order chi connectivity index (χ1) is 31.0. The Hall–Kier alpha value is -7.04. The van der Waals surface area contributed by atoms with Crippen LogP contribution in [0.25, 0.3) is 45.3 Å². The number of ketones is 1. The Bertz CT molecular complexity index is 2840. The van der Waals surface area contributed by atoms with E-state index in [4.69, 9.17) is 10.8 Å². The second kappa shape index (κ2) is 21.1. The van der Waals surface area contributed by atoms with Crippen LogP contribution in [0.1, 0.15) is 55.4 Å². The Morgan fingerprint density at radius 3 is 1.48 bits per heavy atom. The Balaban J connectivity index is 0.000000178. The molecule has 0 radical (unpaired) electrons. The maximum absolute atomic E-state index is 13.1. The standard InChI is InChI=1S/C22H15F4N3O2S.C11H11FN2S.C10H5F3N2O3/c23-16-9-7-13(8-10-16)17-12-32-19(27-17)6-2-5-18(30)14-3-1-4-15(11-14)20-28-21(31-29-20)22(24,25)26;12-9-3-1-8(2-4-9)10-7-15-11(14-10)5-6-13;11-10(12,13)9-14-7(15-18-9)5-2-1-3-6(4-5)8(16)17/h1,3-4,7-12H,2,5-6H2;1-4,7H,5-6,13H2;1-4H,(H,16,17). The van der Waals surface area contributed by atoms with Gasteiger partial charge in [0.25, 0.3) is 0 Å². The van der Waals surface area contributed by atoms with Crippen molar-refractivity contribution in [3.05, 3.63) is 152 Å². The quantitative estimate of drug-likeness (QED) is 0.0874. The van der Waals surface area contributed by atoms with Gasteiger partial charge < -0.3 is 19.9 Å². The largest absolute Gasteiger partial charge is 0.478 e. The predicted molar refractivity (Wildman–Crippen MR) is 221 cm³/mol. The van der Waals surface area contributed by atoms with Crippen LogP contribution in [0.3, 0.4) is 0 Å². The van der Waals surface area contributed by atoms with Gasteiger partial charge >= 0.3 is 30.1 Å². The third-order valence-electron chi connectivity index (χ3n) is 8.68. The summed E-state index contributed by atoms with van der Waals surface area (Å²) in [5, 5.41) is 21.0. The zero-order valence-corrected chi connectivity index (χ0v) is 34.7. The first kappa shape index (κ1) is 47.4. The van der Waals surface area contributed by atoms with Gasteiger partial charge in [0.15, 0.2) is 5.78 Å². The van der Waals surface area contributed by atoms with Crippen molar-refractivity contribution in [3.63, 3.8) is 0 Å². The Morgan fingerprint density at radius 2 is 1.05 bits per heavy atom. The average molecular weight is 942 g/mol. The molecule has 22 heteroatoms. The van der Waals surface area contributed by atoms with Crippen LogP contribution in [-0.4, -0.2) is 53.7 Å². The van der Waals surface area contributed by atoms with Crippen molar-refractivity contribution in [1.29, 1.82) is 0 Å². The normalized spacial score (nSPS) is 11.3. The summed E-state index contributed by atoms with van der Waals surface area (Å²) in [6, 6.07) is 23.7. The number of benzene rings is 4. The number of carbonyl (C=O) groups is 2. The van der Waals surface area contributed by atoms with Gasteiger partial charge in [-0.1, -0.05) is 40.6 Å². The number of nitrogens with zero attached hydrogens (tertiary/aromatic N) is 6. The predicted octanol–water partition coefficient (Wildman–Crippen LogP) is 11.1. The zero-order valence-electron chi connectivity index (χ0n) is 33.1. The smallest absolute Gasteiger partial charge is 0.471 e. The van der Waals surface area contributed by atoms with Gasteiger partial charge in [0, 0.05) is 51.4 Å². The molecule has 4 aromatic heterocycles. The Labute approximate surface area is 370 Å². The number of aryl methyl sites for hydroxylation is 1. The topological polar surface area (TPSA) is 184 Å². The molecule has 0 fully saturated rings. The fourth-order valence-electron chi connectivity index (χ4n) is 5.56. The van der Waals surface area contributed by atoms with Crippen LogP contribution >= 0.6 is 22.7 Å². The van der Waals surface area contributed by atoms with Crippen LogP contribution in [0.4, 0.5) is 35.1 Å². The molecule has 0 bridgehead atoms. The summed E-state index contributed by atoms with van der Waals surface area (Å²) < 4.78 is 109. The summed E-state index contributed by atoms with van der Waals surface area (Å²) in [7, 11) is 0. The van der Waals surface area contributed by atoms with E-state index in [1.165, 1.54) is 65.9 Å². The molecule has 0 spiro atoms. The molecular formula is C43H31F8N7O5S2. The van der Waals surface area contributed by atoms with Gasteiger partial charge in [-0.3, -0.25) is 4.79 Å². The molecule has 0 aliphatic rings. The molecule has 336 valence electrons. The number of thiazole rings is 2. The second-order valence-electron chi connectivity index (χ2n) is 13.4. The first-order valence-corrected chi connectivity index (χ1v) is 20.6. The van der Waals surface area contributed by atoms with Gasteiger partial charge in [-0.15, -0.1) is 22.7 Å². The highest BCUT2D eigenvalue weighted by molar-refractivity contribution is 7.10. The lowest BCUT2D eigenvalue weighted by Gasteiger charge is -2.02. The van der Waals surface area contributed by atoms with Crippen LogP contribution in [0.2, 0.25) is 0 Å². The third-order valence-corrected chi connectivity index (χ3v) is 10.5. The van der Waals surface area contributed by atoms with E-state index >= 15 is 0 Å². The van der Waals surface area contributed by atoms with Crippen molar-refractivity contribution < 1.29 is 58.9 Å². The summed E-state index contributed by atoms with van der Waals surface area (Å²) in [5.41, 5.74) is 9.52. The van der Waals surface area contributed by atoms with Crippen molar-refractivity contribution in [2.75, 3.05) is 6.54 Å². The van der Waals surface area contributed by atoms with E-state index in [9.17, 15) is 44.7 Å². The number of carboxylic acid groups (broad SMARTS) is 1. The molecule has 4 heterocycles. The van der Waals surface area contributed by atoms with Gasteiger partial charge in [-0.2, -0.15) is 36.3 Å². The number of carbonyl (C=O) groups excluding carboxylic acids is 1. The van der Waals surface area contributed by atoms with Crippen LogP contribution < -0.4 is 5.73 Å². The summed E-state index contributed by atoms with van der Waals surface area (Å²) in [5.74, 6) is -5.35. The van der Waals surface area contributed by atoms with Gasteiger partial charge in [0.1, 0.15) is 11.6 Å². The third kappa shape index (κ3) is 13.2. The SMILES string of the molecule is NCCc1nc(-c2ccc(F)cc2)cs1.O=C(CCCc1nc(-c2ccc(F)cc2)cs1)c1cccc(-c2noc(C(F)(F)F)n2)c1.O=C(O)c1cccc(-c2noc(C(F)(F)F)n2)c1. The summed E-state index contributed by atoms with van der Waals surface area (Å²) in [4.78, 5) is 38.7. The lowest BCUT2D eigenvalue weighted by Crippen LogP contribution is -2.05. The van der Waals surface area contributed by atoms with E-state index in [0.717, 1.165) is 45.0 Å². The van der Waals surface area contributed by atoms with Gasteiger partial charge in [-0.25, -0.2) is 23.5 Å². The highest BCUT2D eigenvalue weighted by Crippen LogP contribution is 2.31. The summed E-state index contributed by atoms with van der Waals surface area (Å²) in [6.07, 6.45) is -7.27. The van der Waals surface area contributed by atoms with E-state index in [1.807, 2.05) is 10.8 Å². The van der Waals surface area contributed by atoms with E-state index < -0.39 is 30.1 Å². The van der Waals surface area contributed by atoms with E-state index in [1.54, 1.807) is 47.7 Å². The number of aromatic nitrogens is 6.